The van der Waals surface area contributed by atoms with Gasteiger partial charge in [0.25, 0.3) is 5.69 Å². The molecule has 0 aromatic heterocycles. The molecule has 1 rings (SSSR count). The van der Waals surface area contributed by atoms with E-state index in [1.807, 2.05) is 6.92 Å². The molecule has 0 aliphatic heterocycles. The molecule has 1 aromatic carbocycles. The van der Waals surface area contributed by atoms with Crippen LogP contribution in [0, 0.1) is 10.1 Å². The highest BCUT2D eigenvalue weighted by Gasteiger charge is 2.15. The monoisotopic (exact) mass is 359 g/mol. The van der Waals surface area contributed by atoms with E-state index < -0.39 is 16.9 Å². The molecule has 0 aliphatic rings. The number of rotatable bonds is 9. The first-order valence-electron chi connectivity index (χ1n) is 6.54. The number of hydrogen-bond donors (Lipinski definition) is 2. The van der Waals surface area contributed by atoms with E-state index in [0.717, 1.165) is 6.42 Å². The van der Waals surface area contributed by atoms with E-state index in [-0.39, 0.29) is 12.3 Å². The minimum atomic E-state index is -0.493. The number of nitro benzene ring substituents is 1. The van der Waals surface area contributed by atoms with Gasteiger partial charge in [-0.1, -0.05) is 22.9 Å². The maximum Gasteiger partial charge on any atom is 0.274 e. The number of hydrogen-bond acceptors (Lipinski definition) is 5. The third-order valence-electron chi connectivity index (χ3n) is 2.73. The average Bonchev–Trinajstić information content (AvgIpc) is 2.41. The third-order valence-corrected chi connectivity index (χ3v) is 3.18. The van der Waals surface area contributed by atoms with Gasteiger partial charge in [0, 0.05) is 17.0 Å². The highest BCUT2D eigenvalue weighted by molar-refractivity contribution is 9.10. The van der Waals surface area contributed by atoms with Crippen LogP contribution >= 0.6 is 15.9 Å². The molecule has 7 nitrogen and oxygen atoms in total. The maximum atomic E-state index is 11.3. The molecular formula is C13H18BrN3O4. The molecule has 0 fully saturated rings. The third kappa shape index (κ3) is 6.09. The Morgan fingerprint density at radius 1 is 1.52 bits per heavy atom. The SMILES string of the molecule is CCCNC(CCOc1cc(Br)cc([N+](=O)[O-])c1)C(N)=O. The van der Waals surface area contributed by atoms with E-state index in [1.54, 1.807) is 6.07 Å². The molecule has 0 saturated heterocycles. The minimum Gasteiger partial charge on any atom is -0.493 e. The van der Waals surface area contributed by atoms with Crippen molar-refractivity contribution in [2.24, 2.45) is 5.73 Å². The highest BCUT2D eigenvalue weighted by Crippen LogP contribution is 2.26. The van der Waals surface area contributed by atoms with E-state index in [4.69, 9.17) is 10.5 Å². The average molecular weight is 360 g/mol. The summed E-state index contributed by atoms with van der Waals surface area (Å²) in [5, 5.41) is 13.8. The van der Waals surface area contributed by atoms with Crippen LogP contribution in [0.5, 0.6) is 5.75 Å². The fourth-order valence-electron chi connectivity index (χ4n) is 1.69. The Hall–Kier alpha value is -1.67. The molecule has 0 radical (unpaired) electrons. The van der Waals surface area contributed by atoms with Crippen LogP contribution in [0.3, 0.4) is 0 Å². The summed E-state index contributed by atoms with van der Waals surface area (Å²) >= 11 is 3.19. The predicted molar refractivity (Wildman–Crippen MR) is 82.2 cm³/mol. The Labute approximate surface area is 131 Å². The molecule has 1 aromatic rings. The molecule has 0 saturated carbocycles. The normalized spacial score (nSPS) is 11.9. The second kappa shape index (κ2) is 8.58. The van der Waals surface area contributed by atoms with Crippen LogP contribution < -0.4 is 15.8 Å². The Morgan fingerprint density at radius 2 is 2.24 bits per heavy atom. The van der Waals surface area contributed by atoms with Gasteiger partial charge in [0.15, 0.2) is 0 Å². The number of nitro groups is 1. The van der Waals surface area contributed by atoms with Crippen molar-refractivity contribution in [1.29, 1.82) is 0 Å². The van der Waals surface area contributed by atoms with E-state index in [0.29, 0.717) is 23.2 Å². The van der Waals surface area contributed by atoms with Crippen molar-refractivity contribution >= 4 is 27.5 Å². The molecule has 1 atom stereocenters. The van der Waals surface area contributed by atoms with Gasteiger partial charge < -0.3 is 15.8 Å². The molecule has 1 amide bonds. The van der Waals surface area contributed by atoms with Crippen molar-refractivity contribution in [2.45, 2.75) is 25.8 Å². The molecule has 0 bridgehead atoms. The van der Waals surface area contributed by atoms with Gasteiger partial charge in [0.1, 0.15) is 5.75 Å². The topological polar surface area (TPSA) is 107 Å². The summed E-state index contributed by atoms with van der Waals surface area (Å²) in [6.45, 7) is 2.91. The second-order valence-electron chi connectivity index (χ2n) is 4.45. The number of amides is 1. The molecule has 8 heteroatoms. The van der Waals surface area contributed by atoms with Gasteiger partial charge in [-0.2, -0.15) is 0 Å². The zero-order chi connectivity index (χ0) is 15.8. The molecule has 3 N–H and O–H groups in total. The lowest BCUT2D eigenvalue weighted by atomic mass is 10.2. The maximum absolute atomic E-state index is 11.3. The zero-order valence-corrected chi connectivity index (χ0v) is 13.3. The summed E-state index contributed by atoms with van der Waals surface area (Å²) in [7, 11) is 0. The lowest BCUT2D eigenvalue weighted by Gasteiger charge is -2.15. The largest absolute Gasteiger partial charge is 0.493 e. The van der Waals surface area contributed by atoms with Crippen LogP contribution in [0.4, 0.5) is 5.69 Å². The van der Waals surface area contributed by atoms with Gasteiger partial charge in [0.2, 0.25) is 5.91 Å². The minimum absolute atomic E-state index is 0.0602. The Bertz CT molecular complexity index is 510. The molecule has 0 heterocycles. The quantitative estimate of drug-likeness (QED) is 0.517. The fraction of sp³-hybridized carbons (Fsp3) is 0.462. The van der Waals surface area contributed by atoms with Gasteiger partial charge in [-0.05, 0) is 19.0 Å². The Morgan fingerprint density at radius 3 is 2.81 bits per heavy atom. The van der Waals surface area contributed by atoms with Crippen LogP contribution in [-0.2, 0) is 4.79 Å². The van der Waals surface area contributed by atoms with Gasteiger partial charge in [-0.3, -0.25) is 14.9 Å². The van der Waals surface area contributed by atoms with Crippen LogP contribution in [0.1, 0.15) is 19.8 Å². The number of carbonyl (C=O) groups excluding carboxylic acids is 1. The summed E-state index contributed by atoms with van der Waals surface area (Å²) in [5.74, 6) is -0.0675. The number of nitrogens with zero attached hydrogens (tertiary/aromatic N) is 1. The van der Waals surface area contributed by atoms with Crippen LogP contribution in [-0.4, -0.2) is 30.0 Å². The molecular weight excluding hydrogens is 342 g/mol. The van der Waals surface area contributed by atoms with E-state index in [1.165, 1.54) is 12.1 Å². The number of benzene rings is 1. The first-order valence-corrected chi connectivity index (χ1v) is 7.33. The number of nitrogens with one attached hydrogen (secondary N) is 1. The zero-order valence-electron chi connectivity index (χ0n) is 11.7. The number of non-ortho nitro benzene ring substituents is 1. The van der Waals surface area contributed by atoms with E-state index >= 15 is 0 Å². The van der Waals surface area contributed by atoms with Gasteiger partial charge in [0.05, 0.1) is 23.6 Å². The lowest BCUT2D eigenvalue weighted by molar-refractivity contribution is -0.385. The van der Waals surface area contributed by atoms with Crippen LogP contribution in [0.2, 0.25) is 0 Å². The highest BCUT2D eigenvalue weighted by atomic mass is 79.9. The second-order valence-corrected chi connectivity index (χ2v) is 5.36. The lowest BCUT2D eigenvalue weighted by Crippen LogP contribution is -2.42. The molecule has 1 unspecified atom stereocenters. The number of nitrogens with two attached hydrogens (primary N) is 1. The summed E-state index contributed by atoms with van der Waals surface area (Å²) in [6.07, 6.45) is 1.29. The molecule has 21 heavy (non-hydrogen) atoms. The first kappa shape index (κ1) is 17.4. The molecule has 0 spiro atoms. The van der Waals surface area contributed by atoms with E-state index in [9.17, 15) is 14.9 Å². The van der Waals surface area contributed by atoms with Gasteiger partial charge in [-0.15, -0.1) is 0 Å². The molecule has 116 valence electrons. The molecule has 0 aliphatic carbocycles. The van der Waals surface area contributed by atoms with E-state index in [2.05, 4.69) is 21.2 Å². The fourth-order valence-corrected chi connectivity index (χ4v) is 2.15. The van der Waals surface area contributed by atoms with Crippen molar-refractivity contribution in [1.82, 2.24) is 5.32 Å². The standard InChI is InChI=1S/C13H18BrN3O4/c1-2-4-16-12(13(15)18)3-5-21-11-7-9(14)6-10(8-11)17(19)20/h6-8,12,16H,2-5H2,1H3,(H2,15,18). The van der Waals surface area contributed by atoms with Crippen LogP contribution in [0.25, 0.3) is 0 Å². The summed E-state index contributed by atoms with van der Waals surface area (Å²) in [5.41, 5.74) is 5.23. The number of primary amides is 1. The number of halogens is 1. The van der Waals surface area contributed by atoms with Crippen LogP contribution in [0.15, 0.2) is 22.7 Å². The Kier molecular flexibility index (Phi) is 7.10. The van der Waals surface area contributed by atoms with Crippen molar-refractivity contribution in [3.63, 3.8) is 0 Å². The van der Waals surface area contributed by atoms with Gasteiger partial charge in [-0.25, -0.2) is 0 Å². The van der Waals surface area contributed by atoms with Crippen molar-refractivity contribution in [3.8, 4) is 5.75 Å². The predicted octanol–water partition coefficient (Wildman–Crippen LogP) is 1.98. The smallest absolute Gasteiger partial charge is 0.274 e. The van der Waals surface area contributed by atoms with Crippen molar-refractivity contribution in [3.05, 3.63) is 32.8 Å². The summed E-state index contributed by atoms with van der Waals surface area (Å²) < 4.78 is 6.01. The van der Waals surface area contributed by atoms with Crippen molar-refractivity contribution < 1.29 is 14.5 Å². The first-order chi connectivity index (χ1) is 9.93. The van der Waals surface area contributed by atoms with Gasteiger partial charge >= 0.3 is 0 Å². The summed E-state index contributed by atoms with van der Waals surface area (Å²) in [4.78, 5) is 21.5. The number of ether oxygens (including phenoxy) is 1. The number of carbonyl (C=O) groups is 1. The Balaban J connectivity index is 2.58. The summed E-state index contributed by atoms with van der Waals surface area (Å²) in [6, 6.07) is 3.89. The van der Waals surface area contributed by atoms with Crippen molar-refractivity contribution in [2.75, 3.05) is 13.2 Å².